The fourth-order valence-electron chi connectivity index (χ4n) is 5.44. The summed E-state index contributed by atoms with van der Waals surface area (Å²) in [6, 6.07) is 0. The van der Waals surface area contributed by atoms with E-state index in [9.17, 15) is 9.90 Å². The molecule has 132 valence electrons. The molecule has 5 atom stereocenters. The first-order chi connectivity index (χ1) is 10.4. The summed E-state index contributed by atoms with van der Waals surface area (Å²) in [4.78, 5) is 13.0. The molecule has 0 aromatic rings. The standard InChI is InChI=1S/C20H34O3/c1-7-17(6,11-16(3,4)5)15(21)23-20-12-18(22,8-2)9-14-10-19(14,20)13-20/h14,22H,7-13H2,1-6H3. The molecule has 3 fully saturated rings. The Hall–Kier alpha value is -0.570. The molecule has 3 aliphatic carbocycles. The minimum absolute atomic E-state index is 0.0437. The van der Waals surface area contributed by atoms with E-state index in [1.54, 1.807) is 0 Å². The maximum absolute atomic E-state index is 13.0. The van der Waals surface area contributed by atoms with E-state index in [4.69, 9.17) is 4.74 Å². The van der Waals surface area contributed by atoms with Gasteiger partial charge in [0.15, 0.2) is 0 Å². The van der Waals surface area contributed by atoms with Gasteiger partial charge in [-0.25, -0.2) is 0 Å². The molecule has 0 aromatic heterocycles. The number of ether oxygens (including phenoxy) is 1. The summed E-state index contributed by atoms with van der Waals surface area (Å²) in [6.45, 7) is 12.7. The predicted octanol–water partition coefficient (Wildman–Crippen LogP) is 4.47. The van der Waals surface area contributed by atoms with Crippen molar-refractivity contribution >= 4 is 5.97 Å². The van der Waals surface area contributed by atoms with Gasteiger partial charge < -0.3 is 9.84 Å². The molecule has 0 radical (unpaired) electrons. The molecule has 1 spiro atoms. The minimum Gasteiger partial charge on any atom is -0.458 e. The van der Waals surface area contributed by atoms with Crippen LogP contribution in [0.2, 0.25) is 0 Å². The summed E-state index contributed by atoms with van der Waals surface area (Å²) in [5, 5.41) is 10.8. The first kappa shape index (κ1) is 17.3. The molecule has 3 rings (SSSR count). The van der Waals surface area contributed by atoms with Gasteiger partial charge in [0.2, 0.25) is 0 Å². The maximum Gasteiger partial charge on any atom is 0.312 e. The summed E-state index contributed by atoms with van der Waals surface area (Å²) in [6.07, 6.45) is 6.06. The molecule has 0 amide bonds. The van der Waals surface area contributed by atoms with Gasteiger partial charge in [-0.05, 0) is 56.8 Å². The summed E-state index contributed by atoms with van der Waals surface area (Å²) >= 11 is 0. The highest BCUT2D eigenvalue weighted by Crippen LogP contribution is 2.84. The van der Waals surface area contributed by atoms with Crippen molar-refractivity contribution in [3.63, 3.8) is 0 Å². The zero-order valence-corrected chi connectivity index (χ0v) is 15.8. The Morgan fingerprint density at radius 3 is 2.35 bits per heavy atom. The van der Waals surface area contributed by atoms with E-state index >= 15 is 0 Å². The maximum atomic E-state index is 13.0. The van der Waals surface area contributed by atoms with Crippen LogP contribution in [0.15, 0.2) is 0 Å². The van der Waals surface area contributed by atoms with Crippen LogP contribution >= 0.6 is 0 Å². The lowest BCUT2D eigenvalue weighted by Gasteiger charge is -2.39. The fourth-order valence-corrected chi connectivity index (χ4v) is 5.44. The van der Waals surface area contributed by atoms with Crippen LogP contribution in [-0.4, -0.2) is 22.3 Å². The van der Waals surface area contributed by atoms with Crippen molar-refractivity contribution in [1.29, 1.82) is 0 Å². The van der Waals surface area contributed by atoms with Gasteiger partial charge >= 0.3 is 5.97 Å². The molecule has 0 bridgehead atoms. The van der Waals surface area contributed by atoms with E-state index < -0.39 is 11.0 Å². The molecule has 0 aromatic carbocycles. The summed E-state index contributed by atoms with van der Waals surface area (Å²) < 4.78 is 6.20. The number of carbonyl (C=O) groups excluding carboxylic acids is 1. The zero-order chi connectivity index (χ0) is 17.3. The molecule has 23 heavy (non-hydrogen) atoms. The molecule has 0 aliphatic heterocycles. The van der Waals surface area contributed by atoms with Gasteiger partial charge in [0, 0.05) is 11.8 Å². The average molecular weight is 322 g/mol. The first-order valence-corrected chi connectivity index (χ1v) is 9.39. The molecule has 3 nitrogen and oxygen atoms in total. The van der Waals surface area contributed by atoms with Crippen molar-refractivity contribution in [3.8, 4) is 0 Å². The molecule has 0 saturated heterocycles. The Labute approximate surface area is 141 Å². The summed E-state index contributed by atoms with van der Waals surface area (Å²) in [7, 11) is 0. The van der Waals surface area contributed by atoms with Crippen molar-refractivity contribution in [2.75, 3.05) is 0 Å². The van der Waals surface area contributed by atoms with Crippen molar-refractivity contribution in [1.82, 2.24) is 0 Å². The number of hydrogen-bond donors (Lipinski definition) is 1. The summed E-state index contributed by atoms with van der Waals surface area (Å²) in [5.74, 6) is 0.530. The van der Waals surface area contributed by atoms with E-state index in [-0.39, 0.29) is 22.4 Å². The normalized spacial score (nSPS) is 43.9. The Morgan fingerprint density at radius 2 is 1.83 bits per heavy atom. The monoisotopic (exact) mass is 322 g/mol. The third-order valence-electron chi connectivity index (χ3n) is 7.00. The Bertz CT molecular complexity index is 521. The van der Waals surface area contributed by atoms with Crippen LogP contribution in [0.4, 0.5) is 0 Å². The summed E-state index contributed by atoms with van der Waals surface area (Å²) in [5.41, 5.74) is -1.08. The van der Waals surface area contributed by atoms with Crippen LogP contribution in [0.25, 0.3) is 0 Å². The Balaban J connectivity index is 1.75. The van der Waals surface area contributed by atoms with Crippen LogP contribution in [0.5, 0.6) is 0 Å². The van der Waals surface area contributed by atoms with Gasteiger partial charge in [-0.2, -0.15) is 0 Å². The molecule has 0 heterocycles. The first-order valence-electron chi connectivity index (χ1n) is 9.39. The van der Waals surface area contributed by atoms with Crippen LogP contribution in [0.3, 0.4) is 0 Å². The van der Waals surface area contributed by atoms with Crippen molar-refractivity contribution in [2.45, 2.75) is 97.7 Å². The van der Waals surface area contributed by atoms with E-state index in [0.29, 0.717) is 12.3 Å². The number of rotatable bonds is 5. The fraction of sp³-hybridized carbons (Fsp3) is 0.950. The lowest BCUT2D eigenvalue weighted by Crippen LogP contribution is -2.44. The van der Waals surface area contributed by atoms with Gasteiger partial charge in [0.05, 0.1) is 11.0 Å². The van der Waals surface area contributed by atoms with Gasteiger partial charge in [-0.3, -0.25) is 4.79 Å². The molecule has 5 unspecified atom stereocenters. The molecule has 1 N–H and O–H groups in total. The van der Waals surface area contributed by atoms with E-state index in [1.807, 2.05) is 13.8 Å². The lowest BCUT2D eigenvalue weighted by atomic mass is 9.73. The van der Waals surface area contributed by atoms with Crippen molar-refractivity contribution in [3.05, 3.63) is 0 Å². The number of carbonyl (C=O) groups is 1. The molecular formula is C20H34O3. The van der Waals surface area contributed by atoms with Crippen LogP contribution in [0.1, 0.15) is 86.5 Å². The highest BCUT2D eigenvalue weighted by Gasteiger charge is 2.86. The topological polar surface area (TPSA) is 46.5 Å². The van der Waals surface area contributed by atoms with Gasteiger partial charge in [0.1, 0.15) is 5.60 Å². The molecule has 3 saturated carbocycles. The Morgan fingerprint density at radius 1 is 1.17 bits per heavy atom. The van der Waals surface area contributed by atoms with E-state index in [2.05, 4.69) is 27.7 Å². The second-order valence-electron chi connectivity index (χ2n) is 10.2. The van der Waals surface area contributed by atoms with Crippen LogP contribution in [-0.2, 0) is 9.53 Å². The largest absolute Gasteiger partial charge is 0.458 e. The average Bonchev–Trinajstić information content (AvgIpc) is 3.25. The van der Waals surface area contributed by atoms with Crippen LogP contribution < -0.4 is 0 Å². The SMILES string of the molecule is CCC1(O)CC2CC23CC3(OC(=O)C(C)(CC)CC(C)(C)C)C1. The van der Waals surface area contributed by atoms with Crippen molar-refractivity contribution in [2.24, 2.45) is 22.2 Å². The number of aliphatic hydroxyl groups is 1. The van der Waals surface area contributed by atoms with Gasteiger partial charge in [-0.1, -0.05) is 34.6 Å². The number of hydrogen-bond acceptors (Lipinski definition) is 3. The van der Waals surface area contributed by atoms with Gasteiger partial charge in [-0.15, -0.1) is 0 Å². The lowest BCUT2D eigenvalue weighted by molar-refractivity contribution is -0.173. The van der Waals surface area contributed by atoms with Crippen molar-refractivity contribution < 1.29 is 14.6 Å². The predicted molar refractivity (Wildman–Crippen MR) is 90.9 cm³/mol. The van der Waals surface area contributed by atoms with Crippen LogP contribution in [0, 0.1) is 22.2 Å². The molecule has 3 heteroatoms. The number of esters is 1. The minimum atomic E-state index is -0.631. The smallest absolute Gasteiger partial charge is 0.312 e. The third kappa shape index (κ3) is 2.63. The molecule has 3 aliphatic rings. The van der Waals surface area contributed by atoms with Gasteiger partial charge in [0.25, 0.3) is 0 Å². The Kier molecular flexibility index (Phi) is 3.56. The molecular weight excluding hydrogens is 288 g/mol. The highest BCUT2D eigenvalue weighted by molar-refractivity contribution is 5.77. The second kappa shape index (κ2) is 4.74. The third-order valence-corrected chi connectivity index (χ3v) is 7.00. The van der Waals surface area contributed by atoms with E-state index in [1.165, 1.54) is 0 Å². The second-order valence-corrected chi connectivity index (χ2v) is 10.2. The zero-order valence-electron chi connectivity index (χ0n) is 15.8. The van der Waals surface area contributed by atoms with E-state index in [0.717, 1.165) is 38.5 Å². The highest BCUT2D eigenvalue weighted by atomic mass is 16.6. The quantitative estimate of drug-likeness (QED) is 0.760.